The molecule has 1 fully saturated rings. The van der Waals surface area contributed by atoms with Gasteiger partial charge in [0, 0.05) is 35.8 Å². The highest BCUT2D eigenvalue weighted by Crippen LogP contribution is 2.31. The molecule has 0 bridgehead atoms. The molecule has 2 aromatic carbocycles. The number of piperazine rings is 1. The number of aromatic nitrogens is 2. The molecule has 2 heterocycles. The number of ether oxygens (including phenoxy) is 1. The van der Waals surface area contributed by atoms with Crippen LogP contribution in [0.1, 0.15) is 17.5 Å². The van der Waals surface area contributed by atoms with Gasteiger partial charge in [-0.2, -0.15) is 4.98 Å². The van der Waals surface area contributed by atoms with Crippen LogP contribution in [-0.2, 0) is 6.54 Å². The zero-order valence-corrected chi connectivity index (χ0v) is 17.0. The molecule has 0 saturated carbocycles. The summed E-state index contributed by atoms with van der Waals surface area (Å²) in [6, 6.07) is 15.7. The van der Waals surface area contributed by atoms with Crippen LogP contribution in [0, 0.1) is 0 Å². The SMILES string of the molecule is COc1ccccc1C1CNCCN1Cc1nc(-c2cccc(Cl)c2)no1.Cl. The van der Waals surface area contributed by atoms with Gasteiger partial charge in [0.25, 0.3) is 0 Å². The third kappa shape index (κ3) is 4.47. The summed E-state index contributed by atoms with van der Waals surface area (Å²) >= 11 is 6.06. The van der Waals surface area contributed by atoms with E-state index in [0.29, 0.717) is 23.3 Å². The van der Waals surface area contributed by atoms with Gasteiger partial charge in [-0.1, -0.05) is 47.1 Å². The van der Waals surface area contributed by atoms with E-state index in [0.717, 1.165) is 36.5 Å². The Balaban J connectivity index is 0.00000225. The lowest BCUT2D eigenvalue weighted by atomic mass is 10.0. The molecule has 3 aromatic rings. The highest BCUT2D eigenvalue weighted by molar-refractivity contribution is 6.30. The first kappa shape index (κ1) is 20.6. The Labute approximate surface area is 175 Å². The second kappa shape index (κ2) is 9.39. The molecule has 1 aliphatic rings. The maximum absolute atomic E-state index is 6.06. The lowest BCUT2D eigenvalue weighted by molar-refractivity contribution is 0.133. The Morgan fingerprint density at radius 1 is 1.25 bits per heavy atom. The molecule has 1 saturated heterocycles. The van der Waals surface area contributed by atoms with Crippen LogP contribution >= 0.6 is 24.0 Å². The first-order valence-corrected chi connectivity index (χ1v) is 9.28. The number of benzene rings is 2. The molecule has 148 valence electrons. The van der Waals surface area contributed by atoms with Crippen LogP contribution in [0.5, 0.6) is 5.75 Å². The van der Waals surface area contributed by atoms with Crippen molar-refractivity contribution < 1.29 is 9.26 Å². The Morgan fingerprint density at radius 3 is 2.93 bits per heavy atom. The van der Waals surface area contributed by atoms with Crippen molar-refractivity contribution in [3.8, 4) is 17.1 Å². The third-order valence-corrected chi connectivity index (χ3v) is 4.98. The van der Waals surface area contributed by atoms with Crippen molar-refractivity contribution in [2.45, 2.75) is 12.6 Å². The molecule has 8 heteroatoms. The summed E-state index contributed by atoms with van der Waals surface area (Å²) in [6.07, 6.45) is 0. The fourth-order valence-corrected chi connectivity index (χ4v) is 3.61. The molecule has 28 heavy (non-hydrogen) atoms. The first-order valence-electron chi connectivity index (χ1n) is 8.91. The van der Waals surface area contributed by atoms with Crippen molar-refractivity contribution in [1.82, 2.24) is 20.4 Å². The largest absolute Gasteiger partial charge is 0.496 e. The van der Waals surface area contributed by atoms with Crippen LogP contribution in [0.2, 0.25) is 5.02 Å². The minimum Gasteiger partial charge on any atom is -0.496 e. The fraction of sp³-hybridized carbons (Fsp3) is 0.300. The van der Waals surface area contributed by atoms with Gasteiger partial charge < -0.3 is 14.6 Å². The van der Waals surface area contributed by atoms with Gasteiger partial charge in [-0.25, -0.2) is 0 Å². The summed E-state index contributed by atoms with van der Waals surface area (Å²) in [5, 5.41) is 8.22. The fourth-order valence-electron chi connectivity index (χ4n) is 3.42. The number of methoxy groups -OCH3 is 1. The molecule has 0 spiro atoms. The Kier molecular flexibility index (Phi) is 6.91. The predicted octanol–water partition coefficient (Wildman–Crippen LogP) is 3.97. The van der Waals surface area contributed by atoms with E-state index in [2.05, 4.69) is 26.4 Å². The van der Waals surface area contributed by atoms with Crippen LogP contribution in [0.4, 0.5) is 0 Å². The molecule has 6 nitrogen and oxygen atoms in total. The highest BCUT2D eigenvalue weighted by Gasteiger charge is 2.27. The van der Waals surface area contributed by atoms with Crippen LogP contribution in [0.15, 0.2) is 53.1 Å². The number of hydrogen-bond acceptors (Lipinski definition) is 6. The predicted molar refractivity (Wildman–Crippen MR) is 111 cm³/mol. The normalized spacial score (nSPS) is 17.1. The second-order valence-corrected chi connectivity index (χ2v) is 6.89. The Hall–Kier alpha value is -2.12. The Morgan fingerprint density at radius 2 is 2.11 bits per heavy atom. The molecule has 1 aliphatic heterocycles. The highest BCUT2D eigenvalue weighted by atomic mass is 35.5. The summed E-state index contributed by atoms with van der Waals surface area (Å²) in [7, 11) is 1.70. The lowest BCUT2D eigenvalue weighted by Gasteiger charge is -2.36. The van der Waals surface area contributed by atoms with Crippen LogP contribution < -0.4 is 10.1 Å². The molecule has 1 N–H and O–H groups in total. The quantitative estimate of drug-likeness (QED) is 0.673. The minimum atomic E-state index is 0. The number of halogens is 2. The van der Waals surface area contributed by atoms with Crippen LogP contribution in [0.25, 0.3) is 11.4 Å². The zero-order valence-electron chi connectivity index (χ0n) is 15.5. The van der Waals surface area contributed by atoms with Crippen molar-refractivity contribution >= 4 is 24.0 Å². The standard InChI is InChI=1S/C20H21ClN4O2.ClH/c1-26-18-8-3-2-7-16(18)17-12-22-9-10-25(17)13-19-23-20(24-27-19)14-5-4-6-15(21)11-14;/h2-8,11,17,22H,9-10,12-13H2,1H3;1H. The summed E-state index contributed by atoms with van der Waals surface area (Å²) in [5.41, 5.74) is 2.00. The molecule has 4 rings (SSSR count). The average Bonchev–Trinajstić information content (AvgIpc) is 3.17. The van der Waals surface area contributed by atoms with Gasteiger partial charge in [0.2, 0.25) is 11.7 Å². The van der Waals surface area contributed by atoms with Gasteiger partial charge in [-0.3, -0.25) is 4.90 Å². The van der Waals surface area contributed by atoms with Crippen molar-refractivity contribution in [2.75, 3.05) is 26.7 Å². The van der Waals surface area contributed by atoms with E-state index in [1.54, 1.807) is 7.11 Å². The summed E-state index contributed by atoms with van der Waals surface area (Å²) < 4.78 is 11.1. The smallest absolute Gasteiger partial charge is 0.241 e. The van der Waals surface area contributed by atoms with E-state index >= 15 is 0 Å². The van der Waals surface area contributed by atoms with E-state index in [9.17, 15) is 0 Å². The molecule has 1 atom stereocenters. The molecule has 0 aliphatic carbocycles. The summed E-state index contributed by atoms with van der Waals surface area (Å²) in [5.74, 6) is 2.03. The zero-order chi connectivity index (χ0) is 18.6. The van der Waals surface area contributed by atoms with Gasteiger partial charge in [-0.05, 0) is 18.2 Å². The number of rotatable bonds is 5. The van der Waals surface area contributed by atoms with Crippen LogP contribution in [-0.4, -0.2) is 41.8 Å². The van der Waals surface area contributed by atoms with Crippen molar-refractivity contribution in [3.63, 3.8) is 0 Å². The first-order chi connectivity index (χ1) is 13.2. The van der Waals surface area contributed by atoms with Gasteiger partial charge in [0.05, 0.1) is 19.7 Å². The molecular weight excluding hydrogens is 399 g/mol. The van der Waals surface area contributed by atoms with Crippen molar-refractivity contribution in [2.24, 2.45) is 0 Å². The number of nitrogens with zero attached hydrogens (tertiary/aromatic N) is 3. The molecule has 0 radical (unpaired) electrons. The maximum Gasteiger partial charge on any atom is 0.241 e. The molecule has 0 amide bonds. The monoisotopic (exact) mass is 420 g/mol. The van der Waals surface area contributed by atoms with Gasteiger partial charge in [-0.15, -0.1) is 12.4 Å². The van der Waals surface area contributed by atoms with E-state index < -0.39 is 0 Å². The molecular formula is C20H22Cl2N4O2. The Bertz CT molecular complexity index is 918. The summed E-state index contributed by atoms with van der Waals surface area (Å²) in [6.45, 7) is 3.23. The van der Waals surface area contributed by atoms with Gasteiger partial charge in [0.15, 0.2) is 0 Å². The van der Waals surface area contributed by atoms with E-state index in [1.807, 2.05) is 42.5 Å². The summed E-state index contributed by atoms with van der Waals surface area (Å²) in [4.78, 5) is 6.89. The minimum absolute atomic E-state index is 0. The van der Waals surface area contributed by atoms with E-state index in [1.165, 1.54) is 0 Å². The van der Waals surface area contributed by atoms with Crippen molar-refractivity contribution in [3.05, 3.63) is 65.0 Å². The van der Waals surface area contributed by atoms with E-state index in [4.69, 9.17) is 20.9 Å². The van der Waals surface area contributed by atoms with Crippen molar-refractivity contribution in [1.29, 1.82) is 0 Å². The number of para-hydroxylation sites is 1. The van der Waals surface area contributed by atoms with Crippen LogP contribution in [0.3, 0.4) is 0 Å². The maximum atomic E-state index is 6.06. The third-order valence-electron chi connectivity index (χ3n) is 4.74. The topological polar surface area (TPSA) is 63.4 Å². The van der Waals surface area contributed by atoms with Gasteiger partial charge >= 0.3 is 0 Å². The van der Waals surface area contributed by atoms with Gasteiger partial charge in [0.1, 0.15) is 5.75 Å². The van der Waals surface area contributed by atoms with E-state index in [-0.39, 0.29) is 18.4 Å². The molecule has 1 unspecified atom stereocenters. The number of nitrogens with one attached hydrogen (secondary N) is 1. The molecule has 1 aromatic heterocycles. The average molecular weight is 421 g/mol. The number of hydrogen-bond donors (Lipinski definition) is 1. The lowest BCUT2D eigenvalue weighted by Crippen LogP contribution is -2.45. The second-order valence-electron chi connectivity index (χ2n) is 6.45.